The van der Waals surface area contributed by atoms with Crippen molar-refractivity contribution in [3.63, 3.8) is 0 Å². The van der Waals surface area contributed by atoms with E-state index in [-0.39, 0.29) is 23.8 Å². The summed E-state index contributed by atoms with van der Waals surface area (Å²) < 4.78 is 14.0. The van der Waals surface area contributed by atoms with Gasteiger partial charge in [0.2, 0.25) is 5.91 Å². The van der Waals surface area contributed by atoms with Gasteiger partial charge in [0.15, 0.2) is 0 Å². The van der Waals surface area contributed by atoms with E-state index < -0.39 is 0 Å². The van der Waals surface area contributed by atoms with Gasteiger partial charge in [0.1, 0.15) is 5.82 Å². The van der Waals surface area contributed by atoms with E-state index >= 15 is 0 Å². The summed E-state index contributed by atoms with van der Waals surface area (Å²) in [5.74, 6) is -0.297. The maximum atomic E-state index is 14.0. The standard InChI is InChI=1S/C25H26ClFN4O/c1-15(25(32)30-18-5-2-16(26)3-6-18)29-19-13-20-7-8-21(14-19)31(20)24-10-11-28-23-9-4-17(27)12-22(23)24/h2-6,9-12,15,19-21,29H,7-8,13-14H2,1H3,(H,30,32). The Labute approximate surface area is 192 Å². The van der Waals surface area contributed by atoms with Gasteiger partial charge in [0.05, 0.1) is 11.6 Å². The predicted octanol–water partition coefficient (Wildman–Crippen LogP) is 5.14. The van der Waals surface area contributed by atoms with E-state index in [1.54, 1.807) is 36.4 Å². The van der Waals surface area contributed by atoms with Crippen molar-refractivity contribution in [2.75, 3.05) is 10.2 Å². The molecule has 2 N–H and O–H groups in total. The van der Waals surface area contributed by atoms with Crippen molar-refractivity contribution >= 4 is 39.8 Å². The Hall–Kier alpha value is -2.70. The molecule has 1 amide bonds. The van der Waals surface area contributed by atoms with Gasteiger partial charge >= 0.3 is 0 Å². The third kappa shape index (κ3) is 4.17. The molecule has 3 aromatic rings. The highest BCUT2D eigenvalue weighted by molar-refractivity contribution is 6.30. The molecule has 0 spiro atoms. The minimum absolute atomic E-state index is 0.0577. The number of hydrogen-bond donors (Lipinski definition) is 2. The van der Waals surface area contributed by atoms with Gasteiger partial charge in [0, 0.05) is 46.1 Å². The third-order valence-corrected chi connectivity index (χ3v) is 6.93. The van der Waals surface area contributed by atoms with Crippen molar-refractivity contribution in [1.82, 2.24) is 10.3 Å². The van der Waals surface area contributed by atoms with Crippen LogP contribution in [0.25, 0.3) is 10.9 Å². The average molecular weight is 453 g/mol. The quantitative estimate of drug-likeness (QED) is 0.562. The summed E-state index contributed by atoms with van der Waals surface area (Å²) in [5.41, 5.74) is 2.62. The van der Waals surface area contributed by atoms with Crippen LogP contribution < -0.4 is 15.5 Å². The van der Waals surface area contributed by atoms with E-state index in [0.29, 0.717) is 17.1 Å². The molecule has 2 bridgehead atoms. The van der Waals surface area contributed by atoms with Crippen LogP contribution in [-0.2, 0) is 4.79 Å². The van der Waals surface area contributed by atoms with Crippen molar-refractivity contribution in [1.29, 1.82) is 0 Å². The van der Waals surface area contributed by atoms with E-state index in [1.165, 1.54) is 6.07 Å². The molecule has 3 unspecified atom stereocenters. The maximum Gasteiger partial charge on any atom is 0.241 e. The second-order valence-corrected chi connectivity index (χ2v) is 9.27. The summed E-state index contributed by atoms with van der Waals surface area (Å²) in [4.78, 5) is 19.5. The second-order valence-electron chi connectivity index (χ2n) is 8.84. The van der Waals surface area contributed by atoms with Crippen molar-refractivity contribution in [2.24, 2.45) is 0 Å². The third-order valence-electron chi connectivity index (χ3n) is 6.68. The fourth-order valence-corrected chi connectivity index (χ4v) is 5.37. The minimum atomic E-state index is -0.308. The maximum absolute atomic E-state index is 14.0. The second kappa shape index (κ2) is 8.68. The lowest BCUT2D eigenvalue weighted by Gasteiger charge is -2.42. The van der Waals surface area contributed by atoms with E-state index in [0.717, 1.165) is 48.0 Å². The first kappa shape index (κ1) is 21.2. The van der Waals surface area contributed by atoms with Gasteiger partial charge in [-0.05, 0) is 81.1 Å². The van der Waals surface area contributed by atoms with Gasteiger partial charge < -0.3 is 15.5 Å². The number of nitrogens with one attached hydrogen (secondary N) is 2. The fraction of sp³-hybridized carbons (Fsp3) is 0.360. The number of carbonyl (C=O) groups excluding carboxylic acids is 1. The first-order valence-corrected chi connectivity index (χ1v) is 11.5. The lowest BCUT2D eigenvalue weighted by atomic mass is 9.95. The molecule has 7 heteroatoms. The molecule has 1 aromatic heterocycles. The van der Waals surface area contributed by atoms with Gasteiger partial charge in [-0.15, -0.1) is 0 Å². The van der Waals surface area contributed by atoms with Crippen LogP contribution in [0.2, 0.25) is 5.02 Å². The molecule has 2 saturated heterocycles. The molecule has 166 valence electrons. The van der Waals surface area contributed by atoms with Crippen molar-refractivity contribution in [2.45, 2.75) is 56.8 Å². The largest absolute Gasteiger partial charge is 0.365 e. The molecular formula is C25H26ClFN4O. The van der Waals surface area contributed by atoms with Gasteiger partial charge in [-0.2, -0.15) is 0 Å². The number of pyridine rings is 1. The molecule has 0 saturated carbocycles. The zero-order chi connectivity index (χ0) is 22.2. The summed E-state index contributed by atoms with van der Waals surface area (Å²) in [6, 6.07) is 14.6. The molecule has 32 heavy (non-hydrogen) atoms. The first-order valence-electron chi connectivity index (χ1n) is 11.1. The van der Waals surface area contributed by atoms with Crippen LogP contribution in [0.15, 0.2) is 54.7 Å². The Morgan fingerprint density at radius 1 is 1.12 bits per heavy atom. The highest BCUT2D eigenvalue weighted by atomic mass is 35.5. The molecule has 2 aliphatic heterocycles. The molecule has 2 aromatic carbocycles. The summed E-state index contributed by atoms with van der Waals surface area (Å²) in [6.07, 6.45) is 5.92. The van der Waals surface area contributed by atoms with Crippen molar-refractivity contribution < 1.29 is 9.18 Å². The van der Waals surface area contributed by atoms with Crippen LogP contribution in [0.4, 0.5) is 15.8 Å². The monoisotopic (exact) mass is 452 g/mol. The van der Waals surface area contributed by atoms with Gasteiger partial charge in [0.25, 0.3) is 0 Å². The number of amides is 1. The molecule has 3 heterocycles. The van der Waals surface area contributed by atoms with Crippen LogP contribution in [0.5, 0.6) is 0 Å². The average Bonchev–Trinajstić information content (AvgIpc) is 3.04. The number of benzene rings is 2. The molecule has 5 rings (SSSR count). The number of carbonyl (C=O) groups is 1. The normalized spacial score (nSPS) is 23.3. The summed E-state index contributed by atoms with van der Waals surface area (Å²) in [7, 11) is 0. The number of aromatic nitrogens is 1. The van der Waals surface area contributed by atoms with E-state index in [2.05, 4.69) is 20.5 Å². The fourth-order valence-electron chi connectivity index (χ4n) is 5.25. The number of rotatable bonds is 5. The molecule has 3 atom stereocenters. The van der Waals surface area contributed by atoms with E-state index in [4.69, 9.17) is 11.6 Å². The summed E-state index contributed by atoms with van der Waals surface area (Å²) in [5, 5.41) is 7.98. The lowest BCUT2D eigenvalue weighted by Crippen LogP contribution is -2.53. The van der Waals surface area contributed by atoms with Crippen LogP contribution >= 0.6 is 11.6 Å². The number of nitrogens with zero attached hydrogens (tertiary/aromatic N) is 2. The Morgan fingerprint density at radius 3 is 2.56 bits per heavy atom. The first-order chi connectivity index (χ1) is 15.5. The smallest absolute Gasteiger partial charge is 0.241 e. The molecule has 2 aliphatic rings. The summed E-state index contributed by atoms with van der Waals surface area (Å²) in [6.45, 7) is 1.90. The molecule has 2 fully saturated rings. The SMILES string of the molecule is CC(NC1CC2CCC(C1)N2c1ccnc2ccc(F)cc12)C(=O)Nc1ccc(Cl)cc1. The van der Waals surface area contributed by atoms with Gasteiger partial charge in [-0.1, -0.05) is 11.6 Å². The molecule has 0 radical (unpaired) electrons. The Bertz CT molecular complexity index is 1120. The highest BCUT2D eigenvalue weighted by Crippen LogP contribution is 2.41. The number of fused-ring (bicyclic) bond motifs is 3. The zero-order valence-electron chi connectivity index (χ0n) is 17.9. The molecule has 5 nitrogen and oxygen atoms in total. The Kier molecular flexibility index (Phi) is 5.74. The Balaban J connectivity index is 1.27. The lowest BCUT2D eigenvalue weighted by molar-refractivity contribution is -0.118. The number of anilines is 2. The van der Waals surface area contributed by atoms with Gasteiger partial charge in [-0.3, -0.25) is 9.78 Å². The minimum Gasteiger partial charge on any atom is -0.365 e. The number of piperidine rings is 1. The van der Waals surface area contributed by atoms with Crippen molar-refractivity contribution in [3.05, 3.63) is 65.6 Å². The predicted molar refractivity (Wildman–Crippen MR) is 127 cm³/mol. The van der Waals surface area contributed by atoms with E-state index in [1.807, 2.05) is 19.2 Å². The van der Waals surface area contributed by atoms with Crippen LogP contribution in [-0.4, -0.2) is 35.1 Å². The van der Waals surface area contributed by atoms with E-state index in [9.17, 15) is 9.18 Å². The van der Waals surface area contributed by atoms with Crippen LogP contribution in [0.3, 0.4) is 0 Å². The zero-order valence-corrected chi connectivity index (χ0v) is 18.6. The molecular weight excluding hydrogens is 427 g/mol. The molecule has 0 aliphatic carbocycles. The highest BCUT2D eigenvalue weighted by Gasteiger charge is 2.41. The number of hydrogen-bond acceptors (Lipinski definition) is 4. The number of halogens is 2. The van der Waals surface area contributed by atoms with Crippen LogP contribution in [0.1, 0.15) is 32.6 Å². The van der Waals surface area contributed by atoms with Gasteiger partial charge in [-0.25, -0.2) is 4.39 Å². The van der Waals surface area contributed by atoms with Crippen LogP contribution in [0, 0.1) is 5.82 Å². The van der Waals surface area contributed by atoms with Crippen molar-refractivity contribution in [3.8, 4) is 0 Å². The Morgan fingerprint density at radius 2 is 1.84 bits per heavy atom. The topological polar surface area (TPSA) is 57.3 Å². The summed E-state index contributed by atoms with van der Waals surface area (Å²) >= 11 is 5.92.